The number of aryl methyl sites for hydroxylation is 1. The highest BCUT2D eigenvalue weighted by molar-refractivity contribution is 7.89. The van der Waals surface area contributed by atoms with Gasteiger partial charge in [-0.3, -0.25) is 4.68 Å². The van der Waals surface area contributed by atoms with Crippen LogP contribution in [0.1, 0.15) is 16.2 Å². The van der Waals surface area contributed by atoms with Gasteiger partial charge < -0.3 is 10.8 Å². The minimum absolute atomic E-state index is 0.146. The summed E-state index contributed by atoms with van der Waals surface area (Å²) in [6, 6.07) is 3.56. The number of nitrogens with one attached hydrogen (secondary N) is 1. The Morgan fingerprint density at radius 2 is 2.19 bits per heavy atom. The largest absolute Gasteiger partial charge is 0.478 e. The van der Waals surface area contributed by atoms with Crippen molar-refractivity contribution in [3.63, 3.8) is 0 Å². The highest BCUT2D eigenvalue weighted by Crippen LogP contribution is 2.19. The van der Waals surface area contributed by atoms with Crippen molar-refractivity contribution in [3.05, 3.63) is 35.9 Å². The Bertz CT molecular complexity index is 784. The second-order valence-electron chi connectivity index (χ2n) is 4.22. The molecule has 1 aromatic carbocycles. The van der Waals surface area contributed by atoms with E-state index in [2.05, 4.69) is 14.8 Å². The maximum Gasteiger partial charge on any atom is 0.337 e. The van der Waals surface area contributed by atoms with Crippen LogP contribution in [-0.4, -0.2) is 34.3 Å². The molecule has 0 saturated carbocycles. The molecule has 4 N–H and O–H groups in total. The minimum atomic E-state index is -4.02. The third-order valence-corrected chi connectivity index (χ3v) is 4.05. The van der Waals surface area contributed by atoms with Crippen LogP contribution < -0.4 is 10.5 Å². The first-order valence-corrected chi connectivity index (χ1v) is 7.25. The molecule has 0 spiro atoms. The summed E-state index contributed by atoms with van der Waals surface area (Å²) in [6.07, 6.45) is 1.43. The van der Waals surface area contributed by atoms with Crippen molar-refractivity contribution < 1.29 is 18.3 Å². The van der Waals surface area contributed by atoms with Crippen LogP contribution >= 0.6 is 0 Å². The lowest BCUT2D eigenvalue weighted by atomic mass is 10.2. The number of hydrogen-bond acceptors (Lipinski definition) is 6. The molecule has 2 rings (SSSR count). The molecule has 10 heteroatoms. The summed E-state index contributed by atoms with van der Waals surface area (Å²) in [5.41, 5.74) is 5.25. The first-order chi connectivity index (χ1) is 9.79. The Labute approximate surface area is 120 Å². The quantitative estimate of drug-likeness (QED) is 0.636. The molecule has 0 saturated heterocycles. The Hall–Kier alpha value is -2.46. The van der Waals surface area contributed by atoms with E-state index in [0.29, 0.717) is 0 Å². The van der Waals surface area contributed by atoms with Crippen molar-refractivity contribution in [3.8, 4) is 0 Å². The van der Waals surface area contributed by atoms with Gasteiger partial charge in [-0.2, -0.15) is 5.10 Å². The molecule has 1 heterocycles. The number of benzene rings is 1. The molecule has 0 atom stereocenters. The number of nitrogens with zero attached hydrogens (tertiary/aromatic N) is 3. The van der Waals surface area contributed by atoms with Gasteiger partial charge in [0.15, 0.2) is 5.82 Å². The molecule has 9 nitrogen and oxygen atoms in total. The summed E-state index contributed by atoms with van der Waals surface area (Å²) < 4.78 is 28.0. The van der Waals surface area contributed by atoms with Gasteiger partial charge in [0.05, 0.1) is 17.0 Å². The van der Waals surface area contributed by atoms with E-state index >= 15 is 0 Å². The molecule has 0 aliphatic carbocycles. The van der Waals surface area contributed by atoms with Gasteiger partial charge in [-0.15, -0.1) is 0 Å². The second kappa shape index (κ2) is 5.50. The maximum absolute atomic E-state index is 12.2. The molecule has 0 fully saturated rings. The van der Waals surface area contributed by atoms with Crippen molar-refractivity contribution in [1.82, 2.24) is 19.5 Å². The van der Waals surface area contributed by atoms with Gasteiger partial charge in [0, 0.05) is 12.7 Å². The van der Waals surface area contributed by atoms with Crippen LogP contribution in [0.5, 0.6) is 0 Å². The van der Waals surface area contributed by atoms with Gasteiger partial charge in [-0.25, -0.2) is 22.9 Å². The zero-order valence-corrected chi connectivity index (χ0v) is 11.8. The first kappa shape index (κ1) is 14.9. The Kier molecular flexibility index (Phi) is 3.91. The van der Waals surface area contributed by atoms with Crippen molar-refractivity contribution in [2.45, 2.75) is 11.4 Å². The lowest BCUT2D eigenvalue weighted by Gasteiger charge is -2.08. The first-order valence-electron chi connectivity index (χ1n) is 5.76. The van der Waals surface area contributed by atoms with E-state index in [4.69, 9.17) is 10.8 Å². The Morgan fingerprint density at radius 1 is 1.48 bits per heavy atom. The Morgan fingerprint density at radius 3 is 2.76 bits per heavy atom. The number of carboxylic acid groups (broad SMARTS) is 1. The molecule has 0 aliphatic heterocycles. The number of hydrogen-bond donors (Lipinski definition) is 3. The number of aromatic carboxylic acids is 1. The smallest absolute Gasteiger partial charge is 0.337 e. The second-order valence-corrected chi connectivity index (χ2v) is 5.96. The fourth-order valence-corrected chi connectivity index (χ4v) is 2.81. The van der Waals surface area contributed by atoms with E-state index in [0.717, 1.165) is 12.1 Å². The van der Waals surface area contributed by atoms with Crippen molar-refractivity contribution in [1.29, 1.82) is 0 Å². The molecular formula is C11H13N5O4S. The normalized spacial score (nSPS) is 11.5. The zero-order chi connectivity index (χ0) is 15.6. The van der Waals surface area contributed by atoms with Crippen LogP contribution in [0.3, 0.4) is 0 Å². The van der Waals surface area contributed by atoms with Crippen molar-refractivity contribution in [2.24, 2.45) is 7.05 Å². The molecule has 112 valence electrons. The SMILES string of the molecule is Cn1cnc(CNS(=O)(=O)c2ccc(N)cc2C(=O)O)n1. The molecule has 2 aromatic rings. The van der Waals surface area contributed by atoms with Gasteiger partial charge in [0.1, 0.15) is 6.33 Å². The van der Waals surface area contributed by atoms with Crippen LogP contribution in [0.2, 0.25) is 0 Å². The summed E-state index contributed by atoms with van der Waals surface area (Å²) in [5, 5.41) is 13.0. The number of nitrogens with two attached hydrogens (primary N) is 1. The van der Waals surface area contributed by atoms with E-state index in [1.807, 2.05) is 0 Å². The fourth-order valence-electron chi connectivity index (χ4n) is 1.65. The zero-order valence-electron chi connectivity index (χ0n) is 11.0. The lowest BCUT2D eigenvalue weighted by molar-refractivity contribution is 0.0692. The molecule has 0 radical (unpaired) electrons. The number of aromatic nitrogens is 3. The van der Waals surface area contributed by atoms with Gasteiger partial charge in [-0.1, -0.05) is 0 Å². The summed E-state index contributed by atoms with van der Waals surface area (Å²) >= 11 is 0. The van der Waals surface area contributed by atoms with Crippen molar-refractivity contribution in [2.75, 3.05) is 5.73 Å². The van der Waals surface area contributed by atoms with E-state index in [1.54, 1.807) is 7.05 Å². The van der Waals surface area contributed by atoms with Crippen molar-refractivity contribution >= 4 is 21.7 Å². The summed E-state index contributed by atoms with van der Waals surface area (Å²) in [7, 11) is -2.37. The minimum Gasteiger partial charge on any atom is -0.478 e. The number of carbonyl (C=O) groups is 1. The van der Waals surface area contributed by atoms with Gasteiger partial charge in [-0.05, 0) is 18.2 Å². The third-order valence-electron chi connectivity index (χ3n) is 2.59. The highest BCUT2D eigenvalue weighted by atomic mass is 32.2. The molecule has 0 unspecified atom stereocenters. The number of carboxylic acids is 1. The Balaban J connectivity index is 2.29. The van der Waals surface area contributed by atoms with Crippen LogP contribution in [0.25, 0.3) is 0 Å². The molecule has 21 heavy (non-hydrogen) atoms. The third kappa shape index (κ3) is 3.35. The van der Waals surface area contributed by atoms with Gasteiger partial charge >= 0.3 is 5.97 Å². The summed E-state index contributed by atoms with van der Waals surface area (Å²) in [5.74, 6) is -1.10. The standard InChI is InChI=1S/C11H13N5O4S/c1-16-6-13-10(15-16)5-14-21(19,20)9-3-2-7(12)4-8(9)11(17)18/h2-4,6,14H,5,12H2,1H3,(H,17,18). The topological polar surface area (TPSA) is 140 Å². The van der Waals surface area contributed by atoms with Crippen LogP contribution in [0.4, 0.5) is 5.69 Å². The predicted molar refractivity (Wildman–Crippen MR) is 72.8 cm³/mol. The van der Waals surface area contributed by atoms with E-state index < -0.39 is 21.6 Å². The van der Waals surface area contributed by atoms with Gasteiger partial charge in [0.25, 0.3) is 0 Å². The molecule has 0 amide bonds. The number of rotatable bonds is 5. The highest BCUT2D eigenvalue weighted by Gasteiger charge is 2.22. The van der Waals surface area contributed by atoms with Crippen LogP contribution in [0.15, 0.2) is 29.4 Å². The van der Waals surface area contributed by atoms with E-state index in [-0.39, 0.29) is 23.0 Å². The van der Waals surface area contributed by atoms with Crippen LogP contribution in [0, 0.1) is 0 Å². The van der Waals surface area contributed by atoms with E-state index in [1.165, 1.54) is 17.1 Å². The summed E-state index contributed by atoms with van der Waals surface area (Å²) in [6.45, 7) is -0.146. The lowest BCUT2D eigenvalue weighted by Crippen LogP contribution is -2.26. The summed E-state index contributed by atoms with van der Waals surface area (Å²) in [4.78, 5) is 14.6. The number of anilines is 1. The molecule has 1 aromatic heterocycles. The van der Waals surface area contributed by atoms with Crippen LogP contribution in [-0.2, 0) is 23.6 Å². The molecular weight excluding hydrogens is 298 g/mol. The monoisotopic (exact) mass is 311 g/mol. The maximum atomic E-state index is 12.2. The molecule has 0 aliphatic rings. The number of nitrogen functional groups attached to an aromatic ring is 1. The molecule has 0 bridgehead atoms. The average Bonchev–Trinajstić information content (AvgIpc) is 2.82. The fraction of sp³-hybridized carbons (Fsp3) is 0.182. The number of sulfonamides is 1. The van der Waals surface area contributed by atoms with Gasteiger partial charge in [0.2, 0.25) is 10.0 Å². The predicted octanol–water partition coefficient (Wildman–Crippen LogP) is -0.426. The van der Waals surface area contributed by atoms with E-state index in [9.17, 15) is 13.2 Å². The average molecular weight is 311 g/mol.